The molecule has 0 radical (unpaired) electrons. The highest BCUT2D eigenvalue weighted by Crippen LogP contribution is 2.50. The Morgan fingerprint density at radius 1 is 1.23 bits per heavy atom. The summed E-state index contributed by atoms with van der Waals surface area (Å²) in [5.74, 6) is -0.359. The maximum atomic E-state index is 14.1. The molecule has 1 aliphatic rings. The van der Waals surface area contributed by atoms with Crippen LogP contribution in [0.4, 0.5) is 13.2 Å². The predicted octanol–water partition coefficient (Wildman–Crippen LogP) is 5.84. The Labute approximate surface area is 191 Å². The van der Waals surface area contributed by atoms with E-state index in [0.717, 1.165) is 12.1 Å². The second-order valence-electron chi connectivity index (χ2n) is 6.82. The minimum absolute atomic E-state index is 0.0306. The molecule has 0 aromatic heterocycles. The average Bonchev–Trinajstić information content (AvgIpc) is 3.12. The summed E-state index contributed by atoms with van der Waals surface area (Å²) in [7, 11) is 0. The van der Waals surface area contributed by atoms with Crippen molar-refractivity contribution < 1.29 is 27.6 Å². The Morgan fingerprint density at radius 3 is 2.52 bits per heavy atom. The van der Waals surface area contributed by atoms with Crippen molar-refractivity contribution in [2.45, 2.75) is 31.5 Å². The molecule has 0 spiro atoms. The van der Waals surface area contributed by atoms with Gasteiger partial charge in [-0.2, -0.15) is 13.2 Å². The molecular weight excluding hydrogens is 480 g/mol. The fraction of sp³-hybridized carbons (Fsp3) is 0.300. The number of alkyl halides is 3. The molecule has 2 aromatic rings. The molecule has 166 valence electrons. The van der Waals surface area contributed by atoms with E-state index in [2.05, 4.69) is 10.6 Å². The normalized spacial score (nSPS) is 18.5. The second-order valence-corrected chi connectivity index (χ2v) is 8.08. The zero-order valence-electron chi connectivity index (χ0n) is 16.0. The first kappa shape index (κ1) is 23.7. The highest BCUT2D eigenvalue weighted by molar-refractivity contribution is 6.35. The van der Waals surface area contributed by atoms with Gasteiger partial charge < -0.3 is 4.84 Å². The quantitative estimate of drug-likeness (QED) is 0.405. The number of halogens is 6. The van der Waals surface area contributed by atoms with Crippen molar-refractivity contribution in [1.82, 2.24) is 5.48 Å². The van der Waals surface area contributed by atoms with Gasteiger partial charge in [0.15, 0.2) is 0 Å². The van der Waals surface area contributed by atoms with Gasteiger partial charge in [-0.3, -0.25) is 9.63 Å². The van der Waals surface area contributed by atoms with Gasteiger partial charge in [-0.05, 0) is 30.2 Å². The van der Waals surface area contributed by atoms with E-state index in [9.17, 15) is 18.0 Å². The first-order valence-electron chi connectivity index (χ1n) is 8.98. The van der Waals surface area contributed by atoms with E-state index in [1.165, 1.54) is 13.0 Å². The lowest BCUT2D eigenvalue weighted by molar-refractivity contribution is -0.275. The number of carbonyl (C=O) groups is 1. The van der Waals surface area contributed by atoms with Crippen molar-refractivity contribution in [3.8, 4) is 0 Å². The molecule has 2 aromatic carbocycles. The van der Waals surface area contributed by atoms with Crippen molar-refractivity contribution in [3.05, 3.63) is 68.2 Å². The predicted molar refractivity (Wildman–Crippen MR) is 111 cm³/mol. The van der Waals surface area contributed by atoms with Crippen LogP contribution in [-0.4, -0.2) is 24.4 Å². The smallest absolute Gasteiger partial charge is 0.374 e. The van der Waals surface area contributed by atoms with Crippen molar-refractivity contribution in [2.75, 3.05) is 6.61 Å². The SMILES string of the molecule is CC(=O)NOCCc1cccc(C2=NOC(c3cc(Cl)cc(Cl)c3)(C(F)(F)F)C2)c1Cl. The molecule has 0 saturated heterocycles. The van der Waals surface area contributed by atoms with Crippen LogP contribution in [0.15, 0.2) is 41.6 Å². The summed E-state index contributed by atoms with van der Waals surface area (Å²) in [4.78, 5) is 20.8. The van der Waals surface area contributed by atoms with Crippen molar-refractivity contribution in [1.29, 1.82) is 0 Å². The molecule has 1 aliphatic heterocycles. The molecule has 1 atom stereocenters. The molecule has 0 saturated carbocycles. The van der Waals surface area contributed by atoms with Crippen LogP contribution < -0.4 is 5.48 Å². The number of benzene rings is 2. The minimum Gasteiger partial charge on any atom is -0.374 e. The average molecular weight is 496 g/mol. The largest absolute Gasteiger partial charge is 0.435 e. The van der Waals surface area contributed by atoms with Crippen LogP contribution in [0.25, 0.3) is 0 Å². The molecule has 0 aliphatic carbocycles. The van der Waals surface area contributed by atoms with Crippen molar-refractivity contribution in [3.63, 3.8) is 0 Å². The lowest BCUT2D eigenvalue weighted by Crippen LogP contribution is -2.42. The number of nitrogens with zero attached hydrogens (tertiary/aromatic N) is 1. The van der Waals surface area contributed by atoms with Gasteiger partial charge in [0.2, 0.25) is 5.91 Å². The molecule has 11 heteroatoms. The Bertz CT molecular complexity index is 1010. The fourth-order valence-corrected chi connectivity index (χ4v) is 4.00. The van der Waals surface area contributed by atoms with Crippen LogP contribution in [0.5, 0.6) is 0 Å². The van der Waals surface area contributed by atoms with E-state index in [0.29, 0.717) is 17.5 Å². The molecule has 1 amide bonds. The minimum atomic E-state index is -4.80. The number of rotatable bonds is 6. The van der Waals surface area contributed by atoms with Crippen molar-refractivity contribution >= 4 is 46.4 Å². The summed E-state index contributed by atoms with van der Waals surface area (Å²) in [6.45, 7) is 1.42. The highest BCUT2D eigenvalue weighted by Gasteiger charge is 2.62. The summed E-state index contributed by atoms with van der Waals surface area (Å²) in [6, 6.07) is 8.53. The highest BCUT2D eigenvalue weighted by atomic mass is 35.5. The van der Waals surface area contributed by atoms with Crippen LogP contribution >= 0.6 is 34.8 Å². The summed E-state index contributed by atoms with van der Waals surface area (Å²) < 4.78 is 42.4. The van der Waals surface area contributed by atoms with Gasteiger partial charge in [-0.15, -0.1) is 0 Å². The van der Waals surface area contributed by atoms with Gasteiger partial charge in [0.25, 0.3) is 5.60 Å². The molecule has 0 fully saturated rings. The van der Waals surface area contributed by atoms with Crippen molar-refractivity contribution in [2.24, 2.45) is 5.16 Å². The number of nitrogens with one attached hydrogen (secondary N) is 1. The van der Waals surface area contributed by atoms with E-state index in [-0.39, 0.29) is 38.9 Å². The van der Waals surface area contributed by atoms with Crippen LogP contribution in [0.3, 0.4) is 0 Å². The van der Waals surface area contributed by atoms with Crippen LogP contribution in [-0.2, 0) is 26.5 Å². The molecular formula is C20H16Cl3F3N2O3. The molecule has 3 rings (SSSR count). The van der Waals surface area contributed by atoms with E-state index in [1.54, 1.807) is 18.2 Å². The summed E-state index contributed by atoms with van der Waals surface area (Å²) in [5, 5.41) is 4.03. The van der Waals surface area contributed by atoms with E-state index in [1.807, 2.05) is 0 Å². The fourth-order valence-electron chi connectivity index (χ4n) is 3.14. The zero-order valence-corrected chi connectivity index (χ0v) is 18.3. The molecule has 5 nitrogen and oxygen atoms in total. The number of hydrogen-bond acceptors (Lipinski definition) is 4. The number of carbonyl (C=O) groups excluding carboxylic acids is 1. The molecule has 1 N–H and O–H groups in total. The zero-order chi connectivity index (χ0) is 22.8. The topological polar surface area (TPSA) is 59.9 Å². The summed E-state index contributed by atoms with van der Waals surface area (Å²) in [5.41, 5.74) is 0.132. The van der Waals surface area contributed by atoms with E-state index >= 15 is 0 Å². The van der Waals surface area contributed by atoms with Gasteiger partial charge in [-0.25, -0.2) is 5.48 Å². The van der Waals surface area contributed by atoms with Crippen LogP contribution in [0, 0.1) is 0 Å². The van der Waals surface area contributed by atoms with Crippen LogP contribution in [0.2, 0.25) is 15.1 Å². The number of hydrogen-bond donors (Lipinski definition) is 1. The Kier molecular flexibility index (Phi) is 7.05. The van der Waals surface area contributed by atoms with Gasteiger partial charge in [0.1, 0.15) is 0 Å². The second kappa shape index (κ2) is 9.24. The Balaban J connectivity index is 1.88. The molecule has 1 heterocycles. The number of oxime groups is 1. The van der Waals surface area contributed by atoms with Gasteiger partial charge in [-0.1, -0.05) is 58.2 Å². The third kappa shape index (κ3) is 5.09. The van der Waals surface area contributed by atoms with Gasteiger partial charge >= 0.3 is 6.18 Å². The monoisotopic (exact) mass is 494 g/mol. The van der Waals surface area contributed by atoms with E-state index < -0.39 is 18.2 Å². The first-order chi connectivity index (χ1) is 14.5. The summed E-state index contributed by atoms with van der Waals surface area (Å²) >= 11 is 18.3. The Morgan fingerprint density at radius 2 is 1.90 bits per heavy atom. The summed E-state index contributed by atoms with van der Waals surface area (Å²) in [6.07, 6.45) is -5.10. The maximum absolute atomic E-state index is 14.1. The molecule has 31 heavy (non-hydrogen) atoms. The number of amides is 1. The number of hydroxylamine groups is 1. The first-order valence-corrected chi connectivity index (χ1v) is 10.1. The van der Waals surface area contributed by atoms with Gasteiger partial charge in [0, 0.05) is 28.1 Å². The standard InChI is InChI=1S/C20H16Cl3F3N2O3/c1-11(29)27-30-6-5-12-3-2-4-16(18(12)23)17-10-19(31-28-17,20(24,25)26)13-7-14(21)9-15(22)8-13/h2-4,7-9H,5-6,10H2,1H3,(H,27,29). The van der Waals surface area contributed by atoms with E-state index in [4.69, 9.17) is 44.5 Å². The third-order valence-electron chi connectivity index (χ3n) is 4.59. The lowest BCUT2D eigenvalue weighted by atomic mass is 9.86. The molecule has 1 unspecified atom stereocenters. The maximum Gasteiger partial charge on any atom is 0.435 e. The van der Waals surface area contributed by atoms with Crippen LogP contribution in [0.1, 0.15) is 30.0 Å². The third-order valence-corrected chi connectivity index (χ3v) is 5.48. The molecule has 0 bridgehead atoms. The lowest BCUT2D eigenvalue weighted by Gasteiger charge is -2.29. The Hall–Kier alpha value is -2.00. The van der Waals surface area contributed by atoms with Gasteiger partial charge in [0.05, 0.1) is 23.8 Å².